The molecule has 0 aromatic heterocycles. The molecule has 19 heavy (non-hydrogen) atoms. The highest BCUT2D eigenvalue weighted by Crippen LogP contribution is 2.34. The van der Waals surface area contributed by atoms with Gasteiger partial charge in [-0.1, -0.05) is 26.8 Å². The van der Waals surface area contributed by atoms with Crippen molar-refractivity contribution in [2.45, 2.75) is 45.1 Å². The van der Waals surface area contributed by atoms with E-state index in [9.17, 15) is 5.11 Å². The predicted octanol–water partition coefficient (Wildman–Crippen LogP) is 2.95. The van der Waals surface area contributed by atoms with Crippen LogP contribution in [0.5, 0.6) is 5.75 Å². The maximum absolute atomic E-state index is 9.57. The predicted molar refractivity (Wildman–Crippen MR) is 79.1 cm³/mol. The molecular formula is C16H25NO2. The van der Waals surface area contributed by atoms with Gasteiger partial charge in [-0.05, 0) is 29.9 Å². The lowest BCUT2D eigenvalue weighted by atomic mass is 9.86. The Morgan fingerprint density at radius 2 is 1.84 bits per heavy atom. The van der Waals surface area contributed by atoms with Gasteiger partial charge in [-0.2, -0.15) is 0 Å². The quantitative estimate of drug-likeness (QED) is 0.890. The van der Waals surface area contributed by atoms with E-state index < -0.39 is 0 Å². The Balaban J connectivity index is 2.24. The lowest BCUT2D eigenvalue weighted by molar-refractivity contribution is 0.145. The molecule has 1 fully saturated rings. The summed E-state index contributed by atoms with van der Waals surface area (Å²) in [4.78, 5) is 2.32. The molecule has 1 N–H and O–H groups in total. The second kappa shape index (κ2) is 5.41. The van der Waals surface area contributed by atoms with Crippen LogP contribution in [0.1, 0.15) is 39.2 Å². The van der Waals surface area contributed by atoms with E-state index in [2.05, 4.69) is 43.9 Å². The number of anilines is 1. The van der Waals surface area contributed by atoms with Crippen LogP contribution in [0.15, 0.2) is 18.2 Å². The van der Waals surface area contributed by atoms with Crippen molar-refractivity contribution in [1.29, 1.82) is 0 Å². The maximum atomic E-state index is 9.57. The monoisotopic (exact) mass is 263 g/mol. The molecule has 0 amide bonds. The van der Waals surface area contributed by atoms with Crippen molar-refractivity contribution in [3.8, 4) is 5.75 Å². The summed E-state index contributed by atoms with van der Waals surface area (Å²) in [6.45, 7) is 8.42. The first kappa shape index (κ1) is 14.2. The average Bonchev–Trinajstić information content (AvgIpc) is 2.38. The van der Waals surface area contributed by atoms with Gasteiger partial charge in [-0.15, -0.1) is 0 Å². The highest BCUT2D eigenvalue weighted by molar-refractivity contribution is 5.55. The summed E-state index contributed by atoms with van der Waals surface area (Å²) < 4.78 is 5.55. The van der Waals surface area contributed by atoms with Crippen molar-refractivity contribution in [3.05, 3.63) is 23.8 Å². The van der Waals surface area contributed by atoms with Crippen LogP contribution in [0, 0.1) is 0 Å². The number of nitrogens with zero attached hydrogens (tertiary/aromatic N) is 1. The van der Waals surface area contributed by atoms with Crippen LogP contribution in [0.2, 0.25) is 0 Å². The Hall–Kier alpha value is -1.22. The SMILES string of the molecule is COc1cc(N2CCC(O)CC2)ccc1C(C)(C)C. The number of rotatable bonds is 2. The molecule has 3 heteroatoms. The molecule has 1 aromatic carbocycles. The first-order valence-electron chi connectivity index (χ1n) is 7.03. The third-order valence-corrected chi connectivity index (χ3v) is 3.82. The Morgan fingerprint density at radius 3 is 2.37 bits per heavy atom. The number of methoxy groups -OCH3 is 1. The molecule has 106 valence electrons. The maximum Gasteiger partial charge on any atom is 0.124 e. The Bertz CT molecular complexity index is 429. The van der Waals surface area contributed by atoms with Gasteiger partial charge in [0.05, 0.1) is 13.2 Å². The number of aliphatic hydroxyl groups excluding tert-OH is 1. The van der Waals surface area contributed by atoms with E-state index in [1.807, 2.05) is 0 Å². The molecule has 1 aromatic rings. The summed E-state index contributed by atoms with van der Waals surface area (Å²) >= 11 is 0. The highest BCUT2D eigenvalue weighted by Gasteiger charge is 2.22. The van der Waals surface area contributed by atoms with E-state index in [-0.39, 0.29) is 11.5 Å². The van der Waals surface area contributed by atoms with Crippen LogP contribution in [-0.2, 0) is 5.41 Å². The number of ether oxygens (including phenoxy) is 1. The van der Waals surface area contributed by atoms with E-state index in [1.54, 1.807) is 7.11 Å². The number of hydrogen-bond donors (Lipinski definition) is 1. The molecule has 0 radical (unpaired) electrons. The van der Waals surface area contributed by atoms with Gasteiger partial charge < -0.3 is 14.7 Å². The Morgan fingerprint density at radius 1 is 1.21 bits per heavy atom. The Kier molecular flexibility index (Phi) is 4.04. The molecule has 1 aliphatic heterocycles. The van der Waals surface area contributed by atoms with E-state index in [1.165, 1.54) is 11.3 Å². The summed E-state index contributed by atoms with van der Waals surface area (Å²) in [5.41, 5.74) is 2.51. The highest BCUT2D eigenvalue weighted by atomic mass is 16.5. The zero-order valence-electron chi connectivity index (χ0n) is 12.4. The largest absolute Gasteiger partial charge is 0.496 e. The van der Waals surface area contributed by atoms with Crippen molar-refractivity contribution in [2.24, 2.45) is 0 Å². The Labute approximate surface area is 116 Å². The topological polar surface area (TPSA) is 32.7 Å². The summed E-state index contributed by atoms with van der Waals surface area (Å²) in [6.07, 6.45) is 1.57. The molecule has 1 heterocycles. The first-order valence-corrected chi connectivity index (χ1v) is 7.03. The molecule has 0 unspecified atom stereocenters. The van der Waals surface area contributed by atoms with Crippen LogP contribution < -0.4 is 9.64 Å². The molecule has 3 nitrogen and oxygen atoms in total. The summed E-state index contributed by atoms with van der Waals surface area (Å²) in [5, 5.41) is 9.57. The minimum atomic E-state index is -0.132. The molecule has 1 saturated heterocycles. The number of benzene rings is 1. The van der Waals surface area contributed by atoms with E-state index in [4.69, 9.17) is 4.74 Å². The van der Waals surface area contributed by atoms with Gasteiger partial charge in [0.15, 0.2) is 0 Å². The van der Waals surface area contributed by atoms with E-state index >= 15 is 0 Å². The van der Waals surface area contributed by atoms with Crippen LogP contribution in [-0.4, -0.2) is 31.4 Å². The zero-order valence-corrected chi connectivity index (χ0v) is 12.4. The van der Waals surface area contributed by atoms with Crippen LogP contribution in [0.3, 0.4) is 0 Å². The third kappa shape index (κ3) is 3.21. The lowest BCUT2D eigenvalue weighted by Gasteiger charge is -2.32. The average molecular weight is 263 g/mol. The van der Waals surface area contributed by atoms with Crippen molar-refractivity contribution < 1.29 is 9.84 Å². The minimum absolute atomic E-state index is 0.0853. The molecule has 0 atom stereocenters. The molecular weight excluding hydrogens is 238 g/mol. The molecule has 0 aliphatic carbocycles. The van der Waals surface area contributed by atoms with Crippen molar-refractivity contribution in [3.63, 3.8) is 0 Å². The summed E-state index contributed by atoms with van der Waals surface area (Å²) in [5.74, 6) is 0.955. The fourth-order valence-corrected chi connectivity index (χ4v) is 2.62. The summed E-state index contributed by atoms with van der Waals surface area (Å²) in [7, 11) is 1.73. The summed E-state index contributed by atoms with van der Waals surface area (Å²) in [6, 6.07) is 6.46. The van der Waals surface area contributed by atoms with Crippen molar-refractivity contribution in [1.82, 2.24) is 0 Å². The van der Waals surface area contributed by atoms with Gasteiger partial charge >= 0.3 is 0 Å². The third-order valence-electron chi connectivity index (χ3n) is 3.82. The van der Waals surface area contributed by atoms with E-state index in [0.29, 0.717) is 0 Å². The molecule has 1 aliphatic rings. The number of aliphatic hydroxyl groups is 1. The number of piperidine rings is 1. The molecule has 0 spiro atoms. The van der Waals surface area contributed by atoms with Gasteiger partial charge in [0.1, 0.15) is 5.75 Å². The van der Waals surface area contributed by atoms with Crippen LogP contribution in [0.25, 0.3) is 0 Å². The van der Waals surface area contributed by atoms with Crippen LogP contribution >= 0.6 is 0 Å². The zero-order chi connectivity index (χ0) is 14.0. The fraction of sp³-hybridized carbons (Fsp3) is 0.625. The van der Waals surface area contributed by atoms with Crippen molar-refractivity contribution in [2.75, 3.05) is 25.1 Å². The second-order valence-corrected chi connectivity index (χ2v) is 6.35. The van der Waals surface area contributed by atoms with Crippen molar-refractivity contribution >= 4 is 5.69 Å². The van der Waals surface area contributed by atoms with E-state index in [0.717, 1.165) is 31.7 Å². The number of hydrogen-bond acceptors (Lipinski definition) is 3. The normalized spacial score (nSPS) is 17.6. The lowest BCUT2D eigenvalue weighted by Crippen LogP contribution is -2.35. The van der Waals surface area contributed by atoms with Crippen LogP contribution in [0.4, 0.5) is 5.69 Å². The minimum Gasteiger partial charge on any atom is -0.496 e. The smallest absolute Gasteiger partial charge is 0.124 e. The molecule has 2 rings (SSSR count). The van der Waals surface area contributed by atoms with Gasteiger partial charge in [0.2, 0.25) is 0 Å². The van der Waals surface area contributed by atoms with Gasteiger partial charge in [0, 0.05) is 24.8 Å². The molecule has 0 bridgehead atoms. The van der Waals surface area contributed by atoms with Gasteiger partial charge in [-0.3, -0.25) is 0 Å². The van der Waals surface area contributed by atoms with Gasteiger partial charge in [0.25, 0.3) is 0 Å². The second-order valence-electron chi connectivity index (χ2n) is 6.35. The fourth-order valence-electron chi connectivity index (χ4n) is 2.62. The molecule has 0 saturated carbocycles. The standard InChI is InChI=1S/C16H25NO2/c1-16(2,3)14-6-5-12(11-15(14)19-4)17-9-7-13(18)8-10-17/h5-6,11,13,18H,7-10H2,1-4H3. The first-order chi connectivity index (χ1) is 8.91. The van der Waals surface area contributed by atoms with Gasteiger partial charge in [-0.25, -0.2) is 0 Å².